The van der Waals surface area contributed by atoms with Crippen LogP contribution < -0.4 is 0 Å². The van der Waals surface area contributed by atoms with Crippen LogP contribution in [0.25, 0.3) is 24.3 Å². The van der Waals surface area contributed by atoms with Crippen LogP contribution in [0, 0.1) is 0 Å². The fraction of sp³-hybridized carbons (Fsp3) is 0. The first kappa shape index (κ1) is 13.7. The second-order valence-electron chi connectivity index (χ2n) is 4.46. The number of halogens is 1. The summed E-state index contributed by atoms with van der Waals surface area (Å²) < 4.78 is 11.6. The number of hydrogen-bond acceptors (Lipinski definition) is 2. The molecular weight excluding hydrogens is 328 g/mol. The highest BCUT2D eigenvalue weighted by atomic mass is 79.9. The van der Waals surface area contributed by atoms with E-state index in [1.807, 2.05) is 72.8 Å². The summed E-state index contributed by atoms with van der Waals surface area (Å²) in [5.74, 6) is 1.61. The largest absolute Gasteiger partial charge is 0.465 e. The van der Waals surface area contributed by atoms with Crippen molar-refractivity contribution in [2.75, 3.05) is 0 Å². The SMILES string of the molecule is Brc1cc(/C=C/c2ccco2)c(/C=C/c2ccccc2)o1. The molecule has 0 unspecified atom stereocenters. The van der Waals surface area contributed by atoms with E-state index in [1.54, 1.807) is 6.26 Å². The molecule has 2 aromatic heterocycles. The molecule has 0 saturated heterocycles. The van der Waals surface area contributed by atoms with Crippen LogP contribution in [0.2, 0.25) is 0 Å². The Morgan fingerprint density at radius 1 is 0.857 bits per heavy atom. The number of hydrogen-bond donors (Lipinski definition) is 0. The molecule has 1 aromatic carbocycles. The van der Waals surface area contributed by atoms with Crippen molar-refractivity contribution >= 4 is 40.2 Å². The molecule has 2 nitrogen and oxygen atoms in total. The Balaban J connectivity index is 1.84. The van der Waals surface area contributed by atoms with Gasteiger partial charge in [0.25, 0.3) is 0 Å². The molecule has 0 aliphatic heterocycles. The summed E-state index contributed by atoms with van der Waals surface area (Å²) in [6.45, 7) is 0. The minimum Gasteiger partial charge on any atom is -0.465 e. The van der Waals surface area contributed by atoms with Crippen LogP contribution in [0.4, 0.5) is 0 Å². The maximum Gasteiger partial charge on any atom is 0.170 e. The Hall–Kier alpha value is -2.26. The number of furan rings is 2. The van der Waals surface area contributed by atoms with Crippen LogP contribution in [0.3, 0.4) is 0 Å². The molecule has 104 valence electrons. The zero-order chi connectivity index (χ0) is 14.5. The lowest BCUT2D eigenvalue weighted by molar-refractivity contribution is 0.531. The first-order chi connectivity index (χ1) is 10.3. The molecule has 0 bridgehead atoms. The normalized spacial score (nSPS) is 11.7. The Bertz CT molecular complexity index is 750. The van der Waals surface area contributed by atoms with Crippen LogP contribution >= 0.6 is 15.9 Å². The van der Waals surface area contributed by atoms with E-state index in [4.69, 9.17) is 8.83 Å². The third kappa shape index (κ3) is 3.64. The summed E-state index contributed by atoms with van der Waals surface area (Å²) in [7, 11) is 0. The van der Waals surface area contributed by atoms with Gasteiger partial charge in [0, 0.05) is 5.56 Å². The van der Waals surface area contributed by atoms with Crippen molar-refractivity contribution in [3.05, 3.63) is 82.1 Å². The maximum absolute atomic E-state index is 5.65. The Labute approximate surface area is 131 Å². The second-order valence-corrected chi connectivity index (χ2v) is 5.24. The third-order valence-corrected chi connectivity index (χ3v) is 3.35. The van der Waals surface area contributed by atoms with Gasteiger partial charge in [-0.2, -0.15) is 0 Å². The maximum atomic E-state index is 5.65. The molecule has 0 aliphatic rings. The van der Waals surface area contributed by atoms with Gasteiger partial charge in [-0.3, -0.25) is 0 Å². The molecule has 2 heterocycles. The average molecular weight is 341 g/mol. The Morgan fingerprint density at radius 2 is 1.71 bits per heavy atom. The van der Waals surface area contributed by atoms with Gasteiger partial charge in [-0.25, -0.2) is 0 Å². The standard InChI is InChI=1S/C18H13BrO2/c19-18-13-15(9-10-16-7-4-12-20-16)17(21-18)11-8-14-5-2-1-3-6-14/h1-13H/b10-9+,11-8+. The summed E-state index contributed by atoms with van der Waals surface area (Å²) in [6, 6.07) is 15.8. The van der Waals surface area contributed by atoms with Crippen molar-refractivity contribution in [2.24, 2.45) is 0 Å². The molecule has 0 spiro atoms. The zero-order valence-corrected chi connectivity index (χ0v) is 12.8. The lowest BCUT2D eigenvalue weighted by Crippen LogP contribution is -1.73. The quantitative estimate of drug-likeness (QED) is 0.584. The molecular formula is C18H13BrO2. The highest BCUT2D eigenvalue weighted by Gasteiger charge is 2.04. The fourth-order valence-electron chi connectivity index (χ4n) is 1.94. The van der Waals surface area contributed by atoms with Crippen LogP contribution in [0.15, 0.2) is 68.3 Å². The first-order valence-electron chi connectivity index (χ1n) is 6.55. The first-order valence-corrected chi connectivity index (χ1v) is 7.34. The smallest absolute Gasteiger partial charge is 0.170 e. The minimum absolute atomic E-state index is 0.703. The minimum atomic E-state index is 0.703. The van der Waals surface area contributed by atoms with E-state index in [0.717, 1.165) is 22.6 Å². The van der Waals surface area contributed by atoms with Crippen molar-refractivity contribution in [3.8, 4) is 0 Å². The second kappa shape index (κ2) is 6.46. The fourth-order valence-corrected chi connectivity index (χ4v) is 2.36. The summed E-state index contributed by atoms with van der Waals surface area (Å²) in [5.41, 5.74) is 2.12. The molecule has 3 aromatic rings. The van der Waals surface area contributed by atoms with Gasteiger partial charge in [0.1, 0.15) is 11.5 Å². The monoisotopic (exact) mass is 340 g/mol. The summed E-state index contributed by atoms with van der Waals surface area (Å²) in [4.78, 5) is 0. The highest BCUT2D eigenvalue weighted by Crippen LogP contribution is 2.24. The van der Waals surface area contributed by atoms with Crippen molar-refractivity contribution < 1.29 is 8.83 Å². The van der Waals surface area contributed by atoms with E-state index >= 15 is 0 Å². The summed E-state index contributed by atoms with van der Waals surface area (Å²) in [6.07, 6.45) is 9.52. The van der Waals surface area contributed by atoms with Gasteiger partial charge < -0.3 is 8.83 Å². The molecule has 3 heteroatoms. The number of rotatable bonds is 4. The summed E-state index contributed by atoms with van der Waals surface area (Å²) in [5, 5.41) is 0. The van der Waals surface area contributed by atoms with Gasteiger partial charge in [0.2, 0.25) is 0 Å². The zero-order valence-electron chi connectivity index (χ0n) is 11.2. The average Bonchev–Trinajstić information content (AvgIpc) is 3.13. The molecule has 0 saturated carbocycles. The van der Waals surface area contributed by atoms with E-state index in [2.05, 4.69) is 15.9 Å². The van der Waals surface area contributed by atoms with Crippen LogP contribution in [-0.4, -0.2) is 0 Å². The van der Waals surface area contributed by atoms with Crippen molar-refractivity contribution in [2.45, 2.75) is 0 Å². The van der Waals surface area contributed by atoms with E-state index < -0.39 is 0 Å². The molecule has 0 fully saturated rings. The highest BCUT2D eigenvalue weighted by molar-refractivity contribution is 9.10. The predicted octanol–water partition coefficient (Wildman–Crippen LogP) is 5.98. The van der Waals surface area contributed by atoms with Crippen molar-refractivity contribution in [1.29, 1.82) is 0 Å². The number of benzene rings is 1. The lowest BCUT2D eigenvalue weighted by atomic mass is 10.1. The van der Waals surface area contributed by atoms with Crippen LogP contribution in [-0.2, 0) is 0 Å². The van der Waals surface area contributed by atoms with Gasteiger partial charge in [-0.1, -0.05) is 36.4 Å². The molecule has 0 amide bonds. The van der Waals surface area contributed by atoms with Gasteiger partial charge in [-0.05, 0) is 57.9 Å². The third-order valence-electron chi connectivity index (χ3n) is 2.96. The predicted molar refractivity (Wildman–Crippen MR) is 89.4 cm³/mol. The van der Waals surface area contributed by atoms with Crippen LogP contribution in [0.1, 0.15) is 22.6 Å². The van der Waals surface area contributed by atoms with Gasteiger partial charge in [0.15, 0.2) is 4.67 Å². The molecule has 0 N–H and O–H groups in total. The summed E-state index contributed by atoms with van der Waals surface area (Å²) >= 11 is 3.37. The van der Waals surface area contributed by atoms with E-state index in [-0.39, 0.29) is 0 Å². The van der Waals surface area contributed by atoms with Crippen molar-refractivity contribution in [3.63, 3.8) is 0 Å². The Kier molecular flexibility index (Phi) is 4.22. The van der Waals surface area contributed by atoms with E-state index in [9.17, 15) is 0 Å². The molecule has 0 radical (unpaired) electrons. The Morgan fingerprint density at radius 3 is 2.48 bits per heavy atom. The molecule has 0 atom stereocenters. The lowest BCUT2D eigenvalue weighted by Gasteiger charge is -1.92. The molecule has 3 rings (SSSR count). The van der Waals surface area contributed by atoms with E-state index in [1.165, 1.54) is 0 Å². The van der Waals surface area contributed by atoms with Gasteiger partial charge in [-0.15, -0.1) is 0 Å². The topological polar surface area (TPSA) is 26.3 Å². The van der Waals surface area contributed by atoms with E-state index in [0.29, 0.717) is 4.67 Å². The van der Waals surface area contributed by atoms with Crippen molar-refractivity contribution in [1.82, 2.24) is 0 Å². The molecule has 0 aliphatic carbocycles. The van der Waals surface area contributed by atoms with Gasteiger partial charge >= 0.3 is 0 Å². The van der Waals surface area contributed by atoms with Gasteiger partial charge in [0.05, 0.1) is 6.26 Å². The van der Waals surface area contributed by atoms with Crippen LogP contribution in [0.5, 0.6) is 0 Å². The molecule has 21 heavy (non-hydrogen) atoms.